The maximum atomic E-state index is 12.9. The second-order valence-electron chi connectivity index (χ2n) is 2.68. The number of aryl methyl sites for hydroxylation is 1. The van der Waals surface area contributed by atoms with Crippen molar-refractivity contribution in [3.8, 4) is 0 Å². The highest BCUT2D eigenvalue weighted by Crippen LogP contribution is 2.33. The van der Waals surface area contributed by atoms with Crippen LogP contribution in [0.4, 0.5) is 18.9 Å². The molecular weight excluding hydrogens is 199 g/mol. The van der Waals surface area contributed by atoms with Crippen molar-refractivity contribution in [3.05, 3.63) is 39.2 Å². The molecule has 0 amide bonds. The number of benzene rings is 1. The van der Waals surface area contributed by atoms with Gasteiger partial charge in [0.25, 0.3) is 6.43 Å². The SMILES string of the molecule is Cc1ccc(F)c([N+](=O)[O-])c1C(F)F. The van der Waals surface area contributed by atoms with Crippen molar-refractivity contribution in [2.75, 3.05) is 0 Å². The lowest BCUT2D eigenvalue weighted by Gasteiger charge is -2.05. The van der Waals surface area contributed by atoms with Crippen molar-refractivity contribution in [2.45, 2.75) is 13.3 Å². The summed E-state index contributed by atoms with van der Waals surface area (Å²) in [5.41, 5.74) is -1.98. The minimum Gasteiger partial charge on any atom is -0.258 e. The van der Waals surface area contributed by atoms with Gasteiger partial charge >= 0.3 is 5.69 Å². The van der Waals surface area contributed by atoms with E-state index in [1.54, 1.807) is 0 Å². The van der Waals surface area contributed by atoms with E-state index >= 15 is 0 Å². The first-order valence-corrected chi connectivity index (χ1v) is 3.66. The first-order chi connectivity index (χ1) is 6.45. The fourth-order valence-corrected chi connectivity index (χ4v) is 1.14. The van der Waals surface area contributed by atoms with Crippen molar-refractivity contribution in [3.63, 3.8) is 0 Å². The summed E-state index contributed by atoms with van der Waals surface area (Å²) in [5.74, 6) is -1.24. The zero-order chi connectivity index (χ0) is 10.9. The number of hydrogen-bond donors (Lipinski definition) is 0. The minimum absolute atomic E-state index is 0.00750. The summed E-state index contributed by atoms with van der Waals surface area (Å²) in [4.78, 5) is 9.20. The van der Waals surface area contributed by atoms with Crippen molar-refractivity contribution < 1.29 is 18.1 Å². The lowest BCUT2D eigenvalue weighted by Crippen LogP contribution is -2.01. The third-order valence-corrected chi connectivity index (χ3v) is 1.79. The molecule has 0 fully saturated rings. The van der Waals surface area contributed by atoms with Gasteiger partial charge in [-0.25, -0.2) is 8.78 Å². The van der Waals surface area contributed by atoms with Gasteiger partial charge in [0, 0.05) is 0 Å². The average Bonchev–Trinajstić information content (AvgIpc) is 2.07. The van der Waals surface area contributed by atoms with Crippen molar-refractivity contribution in [2.24, 2.45) is 0 Å². The molecule has 14 heavy (non-hydrogen) atoms. The molecule has 0 aliphatic heterocycles. The Balaban J connectivity index is 3.50. The molecule has 3 nitrogen and oxygen atoms in total. The third-order valence-electron chi connectivity index (χ3n) is 1.79. The van der Waals surface area contributed by atoms with E-state index < -0.39 is 28.4 Å². The van der Waals surface area contributed by atoms with Crippen molar-refractivity contribution in [1.82, 2.24) is 0 Å². The van der Waals surface area contributed by atoms with Crippen LogP contribution in [0, 0.1) is 22.9 Å². The summed E-state index contributed by atoms with van der Waals surface area (Å²) >= 11 is 0. The fraction of sp³-hybridized carbons (Fsp3) is 0.250. The van der Waals surface area contributed by atoms with Gasteiger partial charge < -0.3 is 0 Å². The van der Waals surface area contributed by atoms with Crippen LogP contribution in [0.15, 0.2) is 12.1 Å². The van der Waals surface area contributed by atoms with Crippen LogP contribution in [-0.2, 0) is 0 Å². The Morgan fingerprint density at radius 3 is 2.36 bits per heavy atom. The zero-order valence-corrected chi connectivity index (χ0v) is 7.13. The Labute approximate surface area is 77.3 Å². The van der Waals surface area contributed by atoms with Gasteiger partial charge in [-0.1, -0.05) is 6.07 Å². The first kappa shape index (κ1) is 10.5. The third kappa shape index (κ3) is 1.68. The highest BCUT2D eigenvalue weighted by Gasteiger charge is 2.27. The van der Waals surface area contributed by atoms with Crippen molar-refractivity contribution >= 4 is 5.69 Å². The Morgan fingerprint density at radius 2 is 2.00 bits per heavy atom. The lowest BCUT2D eigenvalue weighted by molar-refractivity contribution is -0.389. The predicted molar refractivity (Wildman–Crippen MR) is 42.7 cm³/mol. The summed E-state index contributed by atoms with van der Waals surface area (Å²) in [6.07, 6.45) is -3.05. The first-order valence-electron chi connectivity index (χ1n) is 3.66. The standard InChI is InChI=1S/C8H6F3NO2/c1-4-2-3-5(9)7(12(13)14)6(4)8(10)11/h2-3,8H,1H3. The largest absolute Gasteiger partial charge is 0.313 e. The van der Waals surface area contributed by atoms with Crippen LogP contribution in [0.5, 0.6) is 0 Å². The van der Waals surface area contributed by atoms with Crippen LogP contribution < -0.4 is 0 Å². The average molecular weight is 205 g/mol. The molecule has 0 heterocycles. The molecule has 1 rings (SSSR count). The minimum atomic E-state index is -3.05. The van der Waals surface area contributed by atoms with Gasteiger partial charge in [0.05, 0.1) is 4.92 Å². The van der Waals surface area contributed by atoms with Gasteiger partial charge in [-0.15, -0.1) is 0 Å². The predicted octanol–water partition coefficient (Wildman–Crippen LogP) is 2.98. The van der Waals surface area contributed by atoms with Gasteiger partial charge in [-0.3, -0.25) is 10.1 Å². The van der Waals surface area contributed by atoms with Crippen LogP contribution in [0.2, 0.25) is 0 Å². The molecule has 1 aromatic carbocycles. The second kappa shape index (κ2) is 3.65. The maximum Gasteiger partial charge on any atom is 0.313 e. The molecule has 0 aromatic heterocycles. The van der Waals surface area contributed by atoms with E-state index in [1.165, 1.54) is 6.92 Å². The molecule has 0 unspecified atom stereocenters. The number of halogens is 3. The molecule has 0 radical (unpaired) electrons. The number of hydrogen-bond acceptors (Lipinski definition) is 2. The van der Waals surface area contributed by atoms with Crippen LogP contribution in [-0.4, -0.2) is 4.92 Å². The number of nitro benzene ring substituents is 1. The Morgan fingerprint density at radius 1 is 1.43 bits per heavy atom. The second-order valence-corrected chi connectivity index (χ2v) is 2.68. The van der Waals surface area contributed by atoms with E-state index in [4.69, 9.17) is 0 Å². The molecule has 76 valence electrons. The molecule has 0 saturated heterocycles. The van der Waals surface area contributed by atoms with Gasteiger partial charge in [-0.05, 0) is 18.6 Å². The smallest absolute Gasteiger partial charge is 0.258 e. The molecule has 0 aliphatic rings. The number of rotatable bonds is 2. The molecule has 0 bridgehead atoms. The highest BCUT2D eigenvalue weighted by atomic mass is 19.3. The number of nitro groups is 1. The molecule has 0 N–H and O–H groups in total. The number of nitrogens with zero attached hydrogens (tertiary/aromatic N) is 1. The molecule has 0 aliphatic carbocycles. The summed E-state index contributed by atoms with van der Waals surface area (Å²) in [7, 11) is 0. The van der Waals surface area contributed by atoms with E-state index in [0.29, 0.717) is 0 Å². The molecule has 0 saturated carbocycles. The molecule has 1 aromatic rings. The van der Waals surface area contributed by atoms with Gasteiger partial charge in [0.2, 0.25) is 5.82 Å². The number of alkyl halides is 2. The molecule has 0 spiro atoms. The summed E-state index contributed by atoms with van der Waals surface area (Å²) < 4.78 is 37.6. The van der Waals surface area contributed by atoms with Crippen LogP contribution >= 0.6 is 0 Å². The molecule has 6 heteroatoms. The van der Waals surface area contributed by atoms with E-state index in [2.05, 4.69) is 0 Å². The zero-order valence-electron chi connectivity index (χ0n) is 7.13. The van der Waals surface area contributed by atoms with Gasteiger partial charge in [-0.2, -0.15) is 4.39 Å². The maximum absolute atomic E-state index is 12.9. The molecular formula is C8H6F3NO2. The van der Waals surface area contributed by atoms with Crippen molar-refractivity contribution in [1.29, 1.82) is 0 Å². The Bertz CT molecular complexity index is 379. The Kier molecular flexibility index (Phi) is 2.73. The van der Waals surface area contributed by atoms with Crippen LogP contribution in [0.3, 0.4) is 0 Å². The van der Waals surface area contributed by atoms with E-state index in [-0.39, 0.29) is 5.56 Å². The van der Waals surface area contributed by atoms with Gasteiger partial charge in [0.1, 0.15) is 5.56 Å². The summed E-state index contributed by atoms with van der Waals surface area (Å²) in [5, 5.41) is 10.3. The van der Waals surface area contributed by atoms with Gasteiger partial charge in [0.15, 0.2) is 0 Å². The normalized spacial score (nSPS) is 10.6. The van der Waals surface area contributed by atoms with Crippen LogP contribution in [0.25, 0.3) is 0 Å². The Hall–Kier alpha value is -1.59. The van der Waals surface area contributed by atoms with Crippen LogP contribution in [0.1, 0.15) is 17.6 Å². The lowest BCUT2D eigenvalue weighted by atomic mass is 10.1. The van der Waals surface area contributed by atoms with E-state index in [1.807, 2.05) is 0 Å². The fourth-order valence-electron chi connectivity index (χ4n) is 1.14. The topological polar surface area (TPSA) is 43.1 Å². The monoisotopic (exact) mass is 205 g/mol. The van der Waals surface area contributed by atoms with E-state index in [0.717, 1.165) is 12.1 Å². The molecule has 0 atom stereocenters. The quantitative estimate of drug-likeness (QED) is 0.550. The van der Waals surface area contributed by atoms with E-state index in [9.17, 15) is 23.3 Å². The summed E-state index contributed by atoms with van der Waals surface area (Å²) in [6, 6.07) is 1.89. The highest BCUT2D eigenvalue weighted by molar-refractivity contribution is 5.47. The summed E-state index contributed by atoms with van der Waals surface area (Å²) in [6.45, 7) is 1.27.